The van der Waals surface area contributed by atoms with Crippen molar-refractivity contribution in [1.29, 1.82) is 0 Å². The van der Waals surface area contributed by atoms with Gasteiger partial charge in [-0.25, -0.2) is 0 Å². The molecule has 0 amide bonds. The van der Waals surface area contributed by atoms with Crippen molar-refractivity contribution in [3.05, 3.63) is 78.5 Å². The molecule has 2 heterocycles. The van der Waals surface area contributed by atoms with Crippen LogP contribution < -0.4 is 0 Å². The minimum absolute atomic E-state index is 0.936. The second kappa shape index (κ2) is 6.14. The Kier molecular flexibility index (Phi) is 3.81. The third-order valence-corrected chi connectivity index (χ3v) is 4.49. The molecule has 3 aromatic carbocycles. The van der Waals surface area contributed by atoms with E-state index in [1.54, 1.807) is 0 Å². The number of para-hydroxylation sites is 1. The largest absolute Gasteiger partial charge is 0.456 e. The minimum Gasteiger partial charge on any atom is -0.456 e. The molecule has 0 saturated heterocycles. The van der Waals surface area contributed by atoms with Crippen molar-refractivity contribution >= 4 is 32.8 Å². The molecular weight excluding hydrogens is 306 g/mol. The molecule has 0 spiro atoms. The first-order chi connectivity index (χ1) is 12.3. The molecule has 0 aliphatic heterocycles. The molecule has 5 aromatic rings. The summed E-state index contributed by atoms with van der Waals surface area (Å²) in [7, 11) is 0. The number of furan rings is 1. The van der Waals surface area contributed by atoms with Crippen LogP contribution in [0.2, 0.25) is 0 Å². The maximum absolute atomic E-state index is 5.96. The van der Waals surface area contributed by atoms with Crippen LogP contribution in [0.3, 0.4) is 0 Å². The van der Waals surface area contributed by atoms with Crippen LogP contribution in [0.15, 0.2) is 77.3 Å². The van der Waals surface area contributed by atoms with Gasteiger partial charge in [-0.2, -0.15) is 0 Å². The summed E-state index contributed by atoms with van der Waals surface area (Å²) < 4.78 is 8.18. The minimum atomic E-state index is 0.936. The fourth-order valence-electron chi connectivity index (χ4n) is 3.34. The average molecular weight is 327 g/mol. The first-order valence-electron chi connectivity index (χ1n) is 8.79. The van der Waals surface area contributed by atoms with E-state index in [9.17, 15) is 0 Å². The van der Waals surface area contributed by atoms with Gasteiger partial charge in [-0.1, -0.05) is 43.7 Å². The highest BCUT2D eigenvalue weighted by molar-refractivity contribution is 6.06. The summed E-state index contributed by atoms with van der Waals surface area (Å²) >= 11 is 0. The van der Waals surface area contributed by atoms with Gasteiger partial charge in [0, 0.05) is 22.7 Å². The maximum Gasteiger partial charge on any atom is 0.135 e. The van der Waals surface area contributed by atoms with E-state index in [0.29, 0.717) is 0 Å². The Morgan fingerprint density at radius 3 is 2.32 bits per heavy atom. The smallest absolute Gasteiger partial charge is 0.135 e. The first kappa shape index (κ1) is 15.5. The molecule has 0 aliphatic carbocycles. The van der Waals surface area contributed by atoms with Gasteiger partial charge in [0.05, 0.1) is 5.52 Å². The number of hydrogen-bond acceptors (Lipinski definition) is 1. The quantitative estimate of drug-likeness (QED) is 0.329. The highest BCUT2D eigenvalue weighted by Crippen LogP contribution is 2.31. The topological polar surface area (TPSA) is 18.1 Å². The third-order valence-electron chi connectivity index (χ3n) is 4.49. The Morgan fingerprint density at radius 1 is 0.760 bits per heavy atom. The van der Waals surface area contributed by atoms with Crippen LogP contribution >= 0.6 is 0 Å². The lowest BCUT2D eigenvalue weighted by Gasteiger charge is -2.05. The first-order valence-corrected chi connectivity index (χ1v) is 8.79. The molecule has 0 aliphatic rings. The molecular formula is C23H21NO. The molecule has 25 heavy (non-hydrogen) atoms. The molecule has 0 N–H and O–H groups in total. The lowest BCUT2D eigenvalue weighted by atomic mass is 10.1. The Labute approximate surface area is 147 Å². The second-order valence-corrected chi connectivity index (χ2v) is 6.03. The van der Waals surface area contributed by atoms with E-state index < -0.39 is 0 Å². The van der Waals surface area contributed by atoms with Gasteiger partial charge in [0.15, 0.2) is 0 Å². The Balaban J connectivity index is 0.000000758. The predicted molar refractivity (Wildman–Crippen MR) is 107 cm³/mol. The van der Waals surface area contributed by atoms with Gasteiger partial charge >= 0.3 is 0 Å². The summed E-state index contributed by atoms with van der Waals surface area (Å²) in [4.78, 5) is 0. The van der Waals surface area contributed by atoms with E-state index in [1.807, 2.05) is 13.8 Å². The predicted octanol–water partition coefficient (Wildman–Crippen LogP) is 6.86. The van der Waals surface area contributed by atoms with Gasteiger partial charge in [0.25, 0.3) is 0 Å². The summed E-state index contributed by atoms with van der Waals surface area (Å²) in [5, 5.41) is 3.60. The molecule has 0 unspecified atom stereocenters. The normalized spacial score (nSPS) is 11.0. The highest BCUT2D eigenvalue weighted by atomic mass is 16.3. The standard InChI is InChI=1S/C21H15NO.C2H6/c1-14-6-8-20-17(12-14)18-13-16(7-9-21(18)23-20)22-11-10-15-4-2-3-5-19(15)22;1-2/h2-13H,1H3;1-2H3. The van der Waals surface area contributed by atoms with Crippen molar-refractivity contribution in [1.82, 2.24) is 4.57 Å². The van der Waals surface area contributed by atoms with Gasteiger partial charge in [0.2, 0.25) is 0 Å². The summed E-state index contributed by atoms with van der Waals surface area (Å²) in [6, 6.07) is 23.3. The molecule has 0 radical (unpaired) electrons. The van der Waals surface area contributed by atoms with Crippen LogP contribution in [0.25, 0.3) is 38.5 Å². The number of nitrogens with zero attached hydrogens (tertiary/aromatic N) is 1. The van der Waals surface area contributed by atoms with Crippen LogP contribution in [-0.4, -0.2) is 4.57 Å². The molecule has 5 rings (SSSR count). The lowest BCUT2D eigenvalue weighted by molar-refractivity contribution is 0.669. The fourth-order valence-corrected chi connectivity index (χ4v) is 3.34. The van der Waals surface area contributed by atoms with Crippen LogP contribution in [-0.2, 0) is 0 Å². The molecule has 2 nitrogen and oxygen atoms in total. The number of aryl methyl sites for hydroxylation is 1. The molecule has 124 valence electrons. The average Bonchev–Trinajstić information content (AvgIpc) is 3.24. The molecule has 0 fully saturated rings. The fraction of sp³-hybridized carbons (Fsp3) is 0.130. The summed E-state index contributed by atoms with van der Waals surface area (Å²) in [5.41, 5.74) is 5.50. The zero-order chi connectivity index (χ0) is 17.4. The zero-order valence-electron chi connectivity index (χ0n) is 14.8. The van der Waals surface area contributed by atoms with Crippen molar-refractivity contribution in [2.24, 2.45) is 0 Å². The molecule has 2 heteroatoms. The maximum atomic E-state index is 5.96. The SMILES string of the molecule is CC.Cc1ccc2oc3ccc(-n4ccc5ccccc54)cc3c2c1. The number of benzene rings is 3. The second-order valence-electron chi connectivity index (χ2n) is 6.03. The summed E-state index contributed by atoms with van der Waals surface area (Å²) in [6.07, 6.45) is 2.12. The van der Waals surface area contributed by atoms with Crippen LogP contribution in [0, 0.1) is 6.92 Å². The molecule has 0 saturated carbocycles. The third kappa shape index (κ3) is 2.51. The molecule has 0 bridgehead atoms. The van der Waals surface area contributed by atoms with E-state index in [-0.39, 0.29) is 0 Å². The van der Waals surface area contributed by atoms with Crippen molar-refractivity contribution in [2.75, 3.05) is 0 Å². The van der Waals surface area contributed by atoms with E-state index in [0.717, 1.165) is 16.9 Å². The van der Waals surface area contributed by atoms with Gasteiger partial charge in [-0.05, 0) is 54.8 Å². The van der Waals surface area contributed by atoms with Crippen molar-refractivity contribution in [3.63, 3.8) is 0 Å². The van der Waals surface area contributed by atoms with Crippen molar-refractivity contribution in [3.8, 4) is 5.69 Å². The number of rotatable bonds is 1. The Morgan fingerprint density at radius 2 is 1.48 bits per heavy atom. The number of aromatic nitrogens is 1. The van der Waals surface area contributed by atoms with Gasteiger partial charge in [-0.15, -0.1) is 0 Å². The van der Waals surface area contributed by atoms with Crippen molar-refractivity contribution in [2.45, 2.75) is 20.8 Å². The van der Waals surface area contributed by atoms with Gasteiger partial charge in [-0.3, -0.25) is 0 Å². The molecule has 0 atom stereocenters. The van der Waals surface area contributed by atoms with E-state index in [2.05, 4.69) is 84.4 Å². The van der Waals surface area contributed by atoms with Gasteiger partial charge < -0.3 is 8.98 Å². The van der Waals surface area contributed by atoms with Crippen LogP contribution in [0.5, 0.6) is 0 Å². The number of fused-ring (bicyclic) bond motifs is 4. The van der Waals surface area contributed by atoms with E-state index >= 15 is 0 Å². The van der Waals surface area contributed by atoms with Gasteiger partial charge in [0.1, 0.15) is 11.2 Å². The Bertz CT molecular complexity index is 1180. The lowest BCUT2D eigenvalue weighted by Crippen LogP contribution is -1.90. The zero-order valence-corrected chi connectivity index (χ0v) is 14.8. The Hall–Kier alpha value is -3.00. The summed E-state index contributed by atoms with van der Waals surface area (Å²) in [5.74, 6) is 0. The summed E-state index contributed by atoms with van der Waals surface area (Å²) in [6.45, 7) is 6.11. The molecule has 2 aromatic heterocycles. The van der Waals surface area contributed by atoms with Crippen LogP contribution in [0.1, 0.15) is 19.4 Å². The number of hydrogen-bond donors (Lipinski definition) is 0. The monoisotopic (exact) mass is 327 g/mol. The van der Waals surface area contributed by atoms with Crippen LogP contribution in [0.4, 0.5) is 0 Å². The highest BCUT2D eigenvalue weighted by Gasteiger charge is 2.09. The van der Waals surface area contributed by atoms with E-state index in [4.69, 9.17) is 4.42 Å². The van der Waals surface area contributed by atoms with Crippen molar-refractivity contribution < 1.29 is 4.42 Å². The van der Waals surface area contributed by atoms with E-state index in [1.165, 1.54) is 27.2 Å².